The average molecular weight is 414 g/mol. The van der Waals surface area contributed by atoms with Gasteiger partial charge >= 0.3 is 0 Å². The first-order chi connectivity index (χ1) is 11.7. The van der Waals surface area contributed by atoms with Crippen LogP contribution in [0.3, 0.4) is 0 Å². The average Bonchev–Trinajstić information content (AvgIpc) is 2.54. The summed E-state index contributed by atoms with van der Waals surface area (Å²) in [6, 6.07) is -0.550. The highest BCUT2D eigenvalue weighted by Crippen LogP contribution is 2.27. The Balaban J connectivity index is 1.76. The van der Waals surface area contributed by atoms with Crippen LogP contribution in [0, 0.1) is 0 Å². The van der Waals surface area contributed by atoms with E-state index in [0.29, 0.717) is 38.8 Å². The highest BCUT2D eigenvalue weighted by molar-refractivity contribution is 7.92. The van der Waals surface area contributed by atoms with Gasteiger partial charge in [0.25, 0.3) is 0 Å². The van der Waals surface area contributed by atoms with Crippen LogP contribution in [-0.4, -0.2) is 72.9 Å². The van der Waals surface area contributed by atoms with Crippen LogP contribution in [-0.2, 0) is 14.8 Å². The number of alkyl halides is 2. The summed E-state index contributed by atoms with van der Waals surface area (Å²) in [6.45, 7) is 4.30. The lowest BCUT2D eigenvalue weighted by Gasteiger charge is -2.36. The maximum Gasteiger partial charge on any atom is 0.236 e. The molecule has 2 aliphatic rings. The van der Waals surface area contributed by atoms with Crippen molar-refractivity contribution in [3.05, 3.63) is 12.0 Å². The molecule has 1 saturated heterocycles. The minimum Gasteiger partial charge on any atom is -0.391 e. The fraction of sp³-hybridized carbons (Fsp3) is 0.800. The topological polar surface area (TPSA) is 98.7 Å². The SMILES string of the molecule is C=CS(=O)(=O)NC1CCN(C(=O)CNC2C(O)CC(Cl)CC2Cl)CC1. The molecule has 0 radical (unpaired) electrons. The van der Waals surface area contributed by atoms with Gasteiger partial charge in [-0.2, -0.15) is 0 Å². The molecular weight excluding hydrogens is 389 g/mol. The molecule has 4 unspecified atom stereocenters. The third kappa shape index (κ3) is 6.08. The summed E-state index contributed by atoms with van der Waals surface area (Å²) in [4.78, 5) is 14.0. The Bertz CT molecular complexity index is 569. The van der Waals surface area contributed by atoms with Crippen molar-refractivity contribution in [3.63, 3.8) is 0 Å². The zero-order chi connectivity index (χ0) is 18.6. The molecule has 4 atom stereocenters. The number of amides is 1. The number of aliphatic hydroxyl groups is 1. The molecule has 1 amide bonds. The first-order valence-electron chi connectivity index (χ1n) is 8.34. The third-order valence-corrected chi connectivity index (χ3v) is 6.58. The Morgan fingerprint density at radius 3 is 2.48 bits per heavy atom. The van der Waals surface area contributed by atoms with Gasteiger partial charge in [-0.15, -0.1) is 23.2 Å². The van der Waals surface area contributed by atoms with Crippen molar-refractivity contribution in [1.82, 2.24) is 14.9 Å². The van der Waals surface area contributed by atoms with Crippen molar-refractivity contribution in [1.29, 1.82) is 0 Å². The smallest absolute Gasteiger partial charge is 0.236 e. The third-order valence-electron chi connectivity index (χ3n) is 4.67. The van der Waals surface area contributed by atoms with E-state index >= 15 is 0 Å². The standard InChI is InChI=1S/C15H25Cl2N3O4S/c1-2-25(23,24)19-11-3-5-20(6-4-11)14(22)9-18-15-12(17)7-10(16)8-13(15)21/h2,10-13,15,18-19,21H,1,3-9H2. The van der Waals surface area contributed by atoms with E-state index in [1.807, 2.05) is 0 Å². The lowest BCUT2D eigenvalue weighted by molar-refractivity contribution is -0.131. The van der Waals surface area contributed by atoms with Crippen LogP contribution in [0.4, 0.5) is 0 Å². The van der Waals surface area contributed by atoms with Gasteiger partial charge in [0.2, 0.25) is 15.9 Å². The molecule has 0 aromatic heterocycles. The van der Waals surface area contributed by atoms with E-state index in [4.69, 9.17) is 23.2 Å². The maximum absolute atomic E-state index is 12.3. The summed E-state index contributed by atoms with van der Waals surface area (Å²) >= 11 is 12.3. The number of sulfonamides is 1. The number of nitrogens with zero attached hydrogens (tertiary/aromatic N) is 1. The van der Waals surface area contributed by atoms with Gasteiger partial charge in [-0.1, -0.05) is 6.58 Å². The van der Waals surface area contributed by atoms with Crippen LogP contribution in [0.1, 0.15) is 25.7 Å². The van der Waals surface area contributed by atoms with Gasteiger partial charge in [0.05, 0.1) is 18.0 Å². The van der Waals surface area contributed by atoms with Gasteiger partial charge in [0.1, 0.15) is 0 Å². The van der Waals surface area contributed by atoms with Crippen molar-refractivity contribution in [2.45, 2.75) is 54.6 Å². The predicted molar refractivity (Wildman–Crippen MR) is 98.2 cm³/mol. The fourth-order valence-corrected chi connectivity index (χ4v) is 4.98. The Kier molecular flexibility index (Phi) is 7.54. The number of carbonyl (C=O) groups excluding carboxylic acids is 1. The minimum absolute atomic E-state index is 0.0843. The molecule has 7 nitrogen and oxygen atoms in total. The summed E-state index contributed by atoms with van der Waals surface area (Å²) in [7, 11) is -3.45. The van der Waals surface area contributed by atoms with Crippen LogP contribution in [0.25, 0.3) is 0 Å². The summed E-state index contributed by atoms with van der Waals surface area (Å²) < 4.78 is 25.5. The van der Waals surface area contributed by atoms with Gasteiger partial charge in [-0.3, -0.25) is 4.79 Å². The predicted octanol–water partition coefficient (Wildman–Crippen LogP) is 0.368. The monoisotopic (exact) mass is 413 g/mol. The molecule has 0 aromatic carbocycles. The molecule has 1 heterocycles. The van der Waals surface area contributed by atoms with Gasteiger partial charge in [-0.05, 0) is 25.7 Å². The molecule has 2 rings (SSSR count). The number of piperidine rings is 1. The molecule has 1 aliphatic heterocycles. The molecule has 3 N–H and O–H groups in total. The second-order valence-corrected chi connectivity index (χ2v) is 9.38. The van der Waals surface area contributed by atoms with Crippen LogP contribution < -0.4 is 10.0 Å². The van der Waals surface area contributed by atoms with Crippen LogP contribution >= 0.6 is 23.2 Å². The number of aliphatic hydroxyl groups excluding tert-OH is 1. The zero-order valence-electron chi connectivity index (χ0n) is 13.9. The van der Waals surface area contributed by atoms with Crippen molar-refractivity contribution >= 4 is 39.1 Å². The van der Waals surface area contributed by atoms with Crippen molar-refractivity contribution in [2.75, 3.05) is 19.6 Å². The second kappa shape index (κ2) is 9.01. The minimum atomic E-state index is -3.45. The molecule has 0 spiro atoms. The Hall–Kier alpha value is -0.380. The summed E-state index contributed by atoms with van der Waals surface area (Å²) in [6.07, 6.45) is 1.46. The molecule has 2 fully saturated rings. The first kappa shape index (κ1) is 20.9. The molecule has 0 bridgehead atoms. The van der Waals surface area contributed by atoms with E-state index in [2.05, 4.69) is 16.6 Å². The summed E-state index contributed by atoms with van der Waals surface area (Å²) in [5, 5.41) is 13.5. The molecule has 0 aromatic rings. The first-order valence-corrected chi connectivity index (χ1v) is 10.8. The van der Waals surface area contributed by atoms with Gasteiger partial charge < -0.3 is 15.3 Å². The maximum atomic E-state index is 12.3. The largest absolute Gasteiger partial charge is 0.391 e. The Labute approximate surface area is 158 Å². The lowest BCUT2D eigenvalue weighted by atomic mass is 9.91. The van der Waals surface area contributed by atoms with E-state index in [1.165, 1.54) is 0 Å². The van der Waals surface area contributed by atoms with Crippen LogP contribution in [0.5, 0.6) is 0 Å². The fourth-order valence-electron chi connectivity index (χ4n) is 3.24. The normalized spacial score (nSPS) is 31.7. The Morgan fingerprint density at radius 1 is 1.28 bits per heavy atom. The molecule has 10 heteroatoms. The highest BCUT2D eigenvalue weighted by atomic mass is 35.5. The number of rotatable bonds is 6. The second-order valence-electron chi connectivity index (χ2n) is 6.54. The van der Waals surface area contributed by atoms with Crippen molar-refractivity contribution in [3.8, 4) is 0 Å². The zero-order valence-corrected chi connectivity index (χ0v) is 16.2. The number of hydrogen-bond donors (Lipinski definition) is 3. The molecule has 144 valence electrons. The van der Waals surface area contributed by atoms with E-state index in [-0.39, 0.29) is 35.3 Å². The van der Waals surface area contributed by atoms with E-state index in [0.717, 1.165) is 5.41 Å². The number of hydrogen-bond acceptors (Lipinski definition) is 5. The van der Waals surface area contributed by atoms with Gasteiger partial charge in [0.15, 0.2) is 0 Å². The van der Waals surface area contributed by atoms with E-state index in [1.54, 1.807) is 4.90 Å². The summed E-state index contributed by atoms with van der Waals surface area (Å²) in [5.41, 5.74) is 0. The summed E-state index contributed by atoms with van der Waals surface area (Å²) in [5.74, 6) is -0.0888. The van der Waals surface area contributed by atoms with Crippen LogP contribution in [0.15, 0.2) is 12.0 Å². The molecule has 1 saturated carbocycles. The quantitative estimate of drug-likeness (QED) is 0.546. The molecule has 1 aliphatic carbocycles. The lowest BCUT2D eigenvalue weighted by Crippen LogP contribution is -2.55. The number of likely N-dealkylation sites (tertiary alicyclic amines) is 1. The Morgan fingerprint density at radius 2 is 1.92 bits per heavy atom. The van der Waals surface area contributed by atoms with Crippen molar-refractivity contribution < 1.29 is 18.3 Å². The van der Waals surface area contributed by atoms with E-state index in [9.17, 15) is 18.3 Å². The van der Waals surface area contributed by atoms with Crippen molar-refractivity contribution in [2.24, 2.45) is 0 Å². The number of nitrogens with one attached hydrogen (secondary N) is 2. The van der Waals surface area contributed by atoms with Crippen LogP contribution in [0.2, 0.25) is 0 Å². The van der Waals surface area contributed by atoms with E-state index < -0.39 is 16.1 Å². The molecule has 25 heavy (non-hydrogen) atoms. The van der Waals surface area contributed by atoms with Gasteiger partial charge in [-0.25, -0.2) is 13.1 Å². The van der Waals surface area contributed by atoms with Gasteiger partial charge in [0, 0.05) is 36.0 Å². The molecular formula is C15H25Cl2N3O4S. The highest BCUT2D eigenvalue weighted by Gasteiger charge is 2.35. The number of halogens is 2. The number of carbonyl (C=O) groups is 1.